The zero-order chi connectivity index (χ0) is 13.0. The van der Waals surface area contributed by atoms with Crippen molar-refractivity contribution in [3.8, 4) is 5.75 Å². The number of fused-ring (bicyclic) bond motifs is 1. The molecule has 2 nitrogen and oxygen atoms in total. The van der Waals surface area contributed by atoms with Crippen LogP contribution in [0.15, 0.2) is 29.2 Å². The van der Waals surface area contributed by atoms with E-state index < -0.39 is 0 Å². The number of thioether (sulfide) groups is 1. The SMILES string of the molecule is CCC(CC)CC(O)C1CSc2ccccc2O1. The minimum absolute atomic E-state index is 0.0644. The Morgan fingerprint density at radius 3 is 2.78 bits per heavy atom. The third kappa shape index (κ3) is 3.21. The van der Waals surface area contributed by atoms with E-state index in [0.29, 0.717) is 5.92 Å². The molecule has 1 aliphatic heterocycles. The Morgan fingerprint density at radius 2 is 2.06 bits per heavy atom. The van der Waals surface area contributed by atoms with Crippen molar-refractivity contribution in [2.45, 2.75) is 50.2 Å². The number of hydrogen-bond acceptors (Lipinski definition) is 3. The Morgan fingerprint density at radius 1 is 1.33 bits per heavy atom. The molecular formula is C15H22O2S. The monoisotopic (exact) mass is 266 g/mol. The lowest BCUT2D eigenvalue weighted by Gasteiger charge is -2.30. The molecular weight excluding hydrogens is 244 g/mol. The van der Waals surface area contributed by atoms with E-state index in [9.17, 15) is 5.11 Å². The van der Waals surface area contributed by atoms with Crippen LogP contribution in [0.1, 0.15) is 33.1 Å². The summed E-state index contributed by atoms with van der Waals surface area (Å²) in [5.74, 6) is 2.37. The normalized spacial score (nSPS) is 20.3. The molecule has 18 heavy (non-hydrogen) atoms. The first-order chi connectivity index (χ1) is 8.74. The molecule has 1 aliphatic rings. The van der Waals surface area contributed by atoms with Gasteiger partial charge in [-0.3, -0.25) is 0 Å². The van der Waals surface area contributed by atoms with Crippen molar-refractivity contribution in [3.05, 3.63) is 24.3 Å². The number of hydrogen-bond donors (Lipinski definition) is 1. The molecule has 0 fully saturated rings. The molecule has 2 atom stereocenters. The Hall–Kier alpha value is -0.670. The number of ether oxygens (including phenoxy) is 1. The van der Waals surface area contributed by atoms with Gasteiger partial charge in [-0.1, -0.05) is 38.8 Å². The van der Waals surface area contributed by atoms with Gasteiger partial charge in [-0.2, -0.15) is 0 Å². The van der Waals surface area contributed by atoms with E-state index in [2.05, 4.69) is 19.9 Å². The zero-order valence-electron chi connectivity index (χ0n) is 11.1. The highest BCUT2D eigenvalue weighted by atomic mass is 32.2. The molecule has 0 radical (unpaired) electrons. The lowest BCUT2D eigenvalue weighted by atomic mass is 9.94. The van der Waals surface area contributed by atoms with Gasteiger partial charge in [0.2, 0.25) is 0 Å². The predicted octanol–water partition coefficient (Wildman–Crippen LogP) is 3.73. The summed E-state index contributed by atoms with van der Waals surface area (Å²) < 4.78 is 5.91. The van der Waals surface area contributed by atoms with Crippen LogP contribution in [0, 0.1) is 5.92 Å². The van der Waals surface area contributed by atoms with Crippen LogP contribution in [0.2, 0.25) is 0 Å². The number of benzene rings is 1. The minimum Gasteiger partial charge on any atom is -0.486 e. The predicted molar refractivity (Wildman–Crippen MR) is 76.3 cm³/mol. The van der Waals surface area contributed by atoms with Crippen LogP contribution in [-0.4, -0.2) is 23.1 Å². The molecule has 2 unspecified atom stereocenters. The quantitative estimate of drug-likeness (QED) is 0.880. The van der Waals surface area contributed by atoms with Gasteiger partial charge < -0.3 is 9.84 Å². The van der Waals surface area contributed by atoms with E-state index in [1.54, 1.807) is 11.8 Å². The van der Waals surface area contributed by atoms with Gasteiger partial charge in [0.05, 0.1) is 6.10 Å². The first-order valence-electron chi connectivity index (χ1n) is 6.81. The van der Waals surface area contributed by atoms with Crippen LogP contribution in [0.4, 0.5) is 0 Å². The van der Waals surface area contributed by atoms with Crippen LogP contribution >= 0.6 is 11.8 Å². The first kappa shape index (κ1) is 13.8. The summed E-state index contributed by atoms with van der Waals surface area (Å²) in [6.07, 6.45) is 2.69. The van der Waals surface area contributed by atoms with Crippen molar-refractivity contribution in [2.75, 3.05) is 5.75 Å². The second-order valence-electron chi connectivity index (χ2n) is 4.90. The summed E-state index contributed by atoms with van der Waals surface area (Å²) in [5.41, 5.74) is 0. The molecule has 0 spiro atoms. The molecule has 0 bridgehead atoms. The van der Waals surface area contributed by atoms with Crippen molar-refractivity contribution in [1.29, 1.82) is 0 Å². The second kappa shape index (κ2) is 6.48. The number of para-hydroxylation sites is 1. The average Bonchev–Trinajstić information content (AvgIpc) is 2.44. The van der Waals surface area contributed by atoms with E-state index in [1.165, 1.54) is 4.90 Å². The smallest absolute Gasteiger partial charge is 0.134 e. The lowest BCUT2D eigenvalue weighted by Crippen LogP contribution is -2.37. The fraction of sp³-hybridized carbons (Fsp3) is 0.600. The standard InChI is InChI=1S/C15H22O2S/c1-3-11(4-2)9-12(16)14-10-18-15-8-6-5-7-13(15)17-14/h5-8,11-12,14,16H,3-4,9-10H2,1-2H3. The Bertz CT molecular complexity index is 377. The number of rotatable bonds is 5. The Balaban J connectivity index is 1.96. The van der Waals surface area contributed by atoms with Crippen LogP contribution in [0.3, 0.4) is 0 Å². The molecule has 0 saturated heterocycles. The average molecular weight is 266 g/mol. The second-order valence-corrected chi connectivity index (χ2v) is 5.96. The molecule has 100 valence electrons. The molecule has 3 heteroatoms. The van der Waals surface area contributed by atoms with Crippen LogP contribution in [-0.2, 0) is 0 Å². The van der Waals surface area contributed by atoms with Crippen molar-refractivity contribution in [3.63, 3.8) is 0 Å². The highest BCUT2D eigenvalue weighted by Crippen LogP contribution is 2.36. The molecule has 1 aromatic rings. The lowest BCUT2D eigenvalue weighted by molar-refractivity contribution is 0.0288. The van der Waals surface area contributed by atoms with Gasteiger partial charge in [0, 0.05) is 10.6 Å². The fourth-order valence-electron chi connectivity index (χ4n) is 2.34. The van der Waals surface area contributed by atoms with Crippen molar-refractivity contribution in [2.24, 2.45) is 5.92 Å². The van der Waals surface area contributed by atoms with Crippen LogP contribution in [0.25, 0.3) is 0 Å². The summed E-state index contributed by atoms with van der Waals surface area (Å²) in [5, 5.41) is 10.3. The number of aliphatic hydroxyl groups is 1. The fourth-order valence-corrected chi connectivity index (χ4v) is 3.41. The van der Waals surface area contributed by atoms with Gasteiger partial charge in [-0.25, -0.2) is 0 Å². The maximum Gasteiger partial charge on any atom is 0.134 e. The van der Waals surface area contributed by atoms with Gasteiger partial charge in [-0.05, 0) is 24.5 Å². The third-order valence-corrected chi connectivity index (χ3v) is 4.83. The maximum absolute atomic E-state index is 10.3. The first-order valence-corrected chi connectivity index (χ1v) is 7.79. The highest BCUT2D eigenvalue weighted by Gasteiger charge is 2.27. The molecule has 1 heterocycles. The summed E-state index contributed by atoms with van der Waals surface area (Å²) in [4.78, 5) is 1.18. The summed E-state index contributed by atoms with van der Waals surface area (Å²) >= 11 is 1.78. The van der Waals surface area contributed by atoms with Gasteiger partial charge in [-0.15, -0.1) is 11.8 Å². The molecule has 0 aromatic heterocycles. The zero-order valence-corrected chi connectivity index (χ0v) is 12.0. The summed E-state index contributed by atoms with van der Waals surface area (Å²) in [7, 11) is 0. The molecule has 2 rings (SSSR count). The van der Waals surface area contributed by atoms with Crippen LogP contribution in [0.5, 0.6) is 5.75 Å². The van der Waals surface area contributed by atoms with E-state index in [0.717, 1.165) is 30.8 Å². The Kier molecular flexibility index (Phi) is 4.95. The number of aliphatic hydroxyl groups excluding tert-OH is 1. The maximum atomic E-state index is 10.3. The van der Waals surface area contributed by atoms with Crippen molar-refractivity contribution < 1.29 is 9.84 Å². The summed E-state index contributed by atoms with van der Waals surface area (Å²) in [6.45, 7) is 4.37. The molecule has 1 N–H and O–H groups in total. The Labute approximate surface area is 114 Å². The van der Waals surface area contributed by atoms with Crippen molar-refractivity contribution in [1.82, 2.24) is 0 Å². The van der Waals surface area contributed by atoms with E-state index in [4.69, 9.17) is 4.74 Å². The molecule has 0 saturated carbocycles. The topological polar surface area (TPSA) is 29.5 Å². The van der Waals surface area contributed by atoms with E-state index >= 15 is 0 Å². The van der Waals surface area contributed by atoms with E-state index in [-0.39, 0.29) is 12.2 Å². The third-order valence-electron chi connectivity index (χ3n) is 3.69. The van der Waals surface area contributed by atoms with E-state index in [1.807, 2.05) is 18.2 Å². The van der Waals surface area contributed by atoms with Crippen molar-refractivity contribution >= 4 is 11.8 Å². The van der Waals surface area contributed by atoms with Gasteiger partial charge >= 0.3 is 0 Å². The molecule has 0 amide bonds. The highest BCUT2D eigenvalue weighted by molar-refractivity contribution is 7.99. The largest absolute Gasteiger partial charge is 0.486 e. The van der Waals surface area contributed by atoms with Crippen LogP contribution < -0.4 is 4.74 Å². The molecule has 0 aliphatic carbocycles. The summed E-state index contributed by atoms with van der Waals surface area (Å²) in [6, 6.07) is 8.06. The van der Waals surface area contributed by atoms with Gasteiger partial charge in [0.1, 0.15) is 11.9 Å². The van der Waals surface area contributed by atoms with Gasteiger partial charge in [0.25, 0.3) is 0 Å². The molecule has 1 aromatic carbocycles. The van der Waals surface area contributed by atoms with Gasteiger partial charge in [0.15, 0.2) is 0 Å². The minimum atomic E-state index is -0.351.